The first-order valence-corrected chi connectivity index (χ1v) is 8.39. The molecule has 0 unspecified atom stereocenters. The van der Waals surface area contributed by atoms with Crippen LogP contribution in [0.5, 0.6) is 0 Å². The lowest BCUT2D eigenvalue weighted by Gasteiger charge is -2.34. The van der Waals surface area contributed by atoms with Gasteiger partial charge in [0, 0.05) is 5.57 Å². The van der Waals surface area contributed by atoms with E-state index in [1.807, 2.05) is 48.5 Å². The molecule has 0 saturated heterocycles. The van der Waals surface area contributed by atoms with Crippen molar-refractivity contribution in [3.05, 3.63) is 71.8 Å². The summed E-state index contributed by atoms with van der Waals surface area (Å²) in [5.41, 5.74) is 3.48. The number of benzene rings is 2. The zero-order chi connectivity index (χ0) is 15.7. The van der Waals surface area contributed by atoms with E-state index in [2.05, 4.69) is 12.1 Å². The van der Waals surface area contributed by atoms with E-state index in [0.717, 1.165) is 48.0 Å². The second kappa shape index (κ2) is 5.69. The molecule has 2 aliphatic rings. The standard InChI is InChI=1S/C21H20O2/c22-20-18(16-10-4-1-5-11-16)19(17-12-6-2-7-13-17)21(23-20)14-8-3-9-15-21/h1-2,4-7,10-13H,3,8-9,14-15H2. The van der Waals surface area contributed by atoms with Gasteiger partial charge in [0.05, 0.1) is 5.57 Å². The Labute approximate surface area is 136 Å². The Morgan fingerprint density at radius 3 is 1.91 bits per heavy atom. The SMILES string of the molecule is O=C1OC2(CCCCC2)C(c2ccccc2)=C1c1ccccc1. The molecule has 2 aromatic rings. The minimum absolute atomic E-state index is 0.169. The number of ether oxygens (including phenoxy) is 1. The van der Waals surface area contributed by atoms with E-state index in [4.69, 9.17) is 4.74 Å². The minimum atomic E-state index is -0.429. The average molecular weight is 304 g/mol. The molecular formula is C21H20O2. The Morgan fingerprint density at radius 2 is 1.30 bits per heavy atom. The van der Waals surface area contributed by atoms with Crippen LogP contribution < -0.4 is 0 Å². The molecule has 1 saturated carbocycles. The van der Waals surface area contributed by atoms with Crippen LogP contribution in [-0.4, -0.2) is 11.6 Å². The highest BCUT2D eigenvalue weighted by Crippen LogP contribution is 2.50. The van der Waals surface area contributed by atoms with Gasteiger partial charge in [-0.05, 0) is 36.8 Å². The number of rotatable bonds is 2. The summed E-state index contributed by atoms with van der Waals surface area (Å²) in [4.78, 5) is 12.8. The molecule has 1 aliphatic carbocycles. The Morgan fingerprint density at radius 1 is 0.739 bits per heavy atom. The fourth-order valence-electron chi connectivity index (χ4n) is 3.96. The number of carbonyl (C=O) groups is 1. The first kappa shape index (κ1) is 14.3. The summed E-state index contributed by atoms with van der Waals surface area (Å²) in [5, 5.41) is 0. The van der Waals surface area contributed by atoms with Crippen LogP contribution in [0.2, 0.25) is 0 Å². The highest BCUT2D eigenvalue weighted by atomic mass is 16.6. The molecule has 0 N–H and O–H groups in total. The maximum absolute atomic E-state index is 12.8. The molecule has 0 bridgehead atoms. The van der Waals surface area contributed by atoms with Gasteiger partial charge in [0.15, 0.2) is 0 Å². The van der Waals surface area contributed by atoms with Crippen LogP contribution in [0.1, 0.15) is 43.2 Å². The lowest BCUT2D eigenvalue weighted by molar-refractivity contribution is -0.146. The molecule has 23 heavy (non-hydrogen) atoms. The van der Waals surface area contributed by atoms with Crippen LogP contribution in [0.3, 0.4) is 0 Å². The molecule has 0 radical (unpaired) electrons. The summed E-state index contributed by atoms with van der Waals surface area (Å²) in [5.74, 6) is -0.169. The predicted octanol–water partition coefficient (Wildman–Crippen LogP) is 4.86. The van der Waals surface area contributed by atoms with Crippen molar-refractivity contribution >= 4 is 17.1 Å². The molecule has 1 heterocycles. The maximum atomic E-state index is 12.8. The first-order valence-electron chi connectivity index (χ1n) is 8.39. The van der Waals surface area contributed by atoms with Crippen LogP contribution in [0.15, 0.2) is 60.7 Å². The van der Waals surface area contributed by atoms with Crippen molar-refractivity contribution in [2.24, 2.45) is 0 Å². The van der Waals surface area contributed by atoms with Crippen molar-refractivity contribution < 1.29 is 9.53 Å². The van der Waals surface area contributed by atoms with E-state index in [-0.39, 0.29) is 5.97 Å². The van der Waals surface area contributed by atoms with E-state index in [9.17, 15) is 4.79 Å². The van der Waals surface area contributed by atoms with Crippen molar-refractivity contribution in [2.45, 2.75) is 37.7 Å². The van der Waals surface area contributed by atoms with Gasteiger partial charge < -0.3 is 4.74 Å². The van der Waals surface area contributed by atoms with Crippen LogP contribution in [0.4, 0.5) is 0 Å². The molecule has 116 valence electrons. The number of hydrogen-bond acceptors (Lipinski definition) is 2. The molecule has 0 aromatic heterocycles. The molecular weight excluding hydrogens is 284 g/mol. The lowest BCUT2D eigenvalue weighted by Crippen LogP contribution is -2.33. The maximum Gasteiger partial charge on any atom is 0.340 e. The fourth-order valence-corrected chi connectivity index (χ4v) is 3.96. The van der Waals surface area contributed by atoms with Crippen molar-refractivity contribution in [3.8, 4) is 0 Å². The lowest BCUT2D eigenvalue weighted by atomic mass is 9.75. The molecule has 0 atom stereocenters. The normalized spacial score (nSPS) is 19.9. The van der Waals surface area contributed by atoms with Crippen molar-refractivity contribution in [1.82, 2.24) is 0 Å². The van der Waals surface area contributed by atoms with E-state index in [1.165, 1.54) is 6.42 Å². The summed E-state index contributed by atoms with van der Waals surface area (Å²) < 4.78 is 6.01. The van der Waals surface area contributed by atoms with Crippen molar-refractivity contribution in [3.63, 3.8) is 0 Å². The average Bonchev–Trinajstić information content (AvgIpc) is 2.88. The van der Waals surface area contributed by atoms with Gasteiger partial charge >= 0.3 is 5.97 Å². The largest absolute Gasteiger partial charge is 0.451 e. The summed E-state index contributed by atoms with van der Waals surface area (Å²) in [6, 6.07) is 20.2. The van der Waals surface area contributed by atoms with Gasteiger partial charge in [0.1, 0.15) is 5.60 Å². The smallest absolute Gasteiger partial charge is 0.340 e. The highest BCUT2D eigenvalue weighted by molar-refractivity contribution is 6.28. The van der Waals surface area contributed by atoms with E-state index in [0.29, 0.717) is 0 Å². The molecule has 1 aliphatic heterocycles. The molecule has 1 spiro atoms. The molecule has 0 amide bonds. The number of hydrogen-bond donors (Lipinski definition) is 0. The predicted molar refractivity (Wildman–Crippen MR) is 91.6 cm³/mol. The Balaban J connectivity index is 1.95. The number of carbonyl (C=O) groups excluding carboxylic acids is 1. The third-order valence-corrected chi connectivity index (χ3v) is 4.98. The van der Waals surface area contributed by atoms with Crippen LogP contribution in [-0.2, 0) is 9.53 Å². The minimum Gasteiger partial charge on any atom is -0.451 e. The fraction of sp³-hybridized carbons (Fsp3) is 0.286. The summed E-state index contributed by atoms with van der Waals surface area (Å²) in [6.07, 6.45) is 5.32. The summed E-state index contributed by atoms with van der Waals surface area (Å²) in [7, 11) is 0. The topological polar surface area (TPSA) is 26.3 Å². The van der Waals surface area contributed by atoms with Crippen LogP contribution in [0.25, 0.3) is 11.1 Å². The number of esters is 1. The van der Waals surface area contributed by atoms with Gasteiger partial charge in [-0.1, -0.05) is 67.1 Å². The molecule has 2 aromatic carbocycles. The quantitative estimate of drug-likeness (QED) is 0.741. The van der Waals surface area contributed by atoms with Crippen LogP contribution >= 0.6 is 0 Å². The van der Waals surface area contributed by atoms with Gasteiger partial charge in [-0.3, -0.25) is 0 Å². The molecule has 2 nitrogen and oxygen atoms in total. The Kier molecular flexibility index (Phi) is 3.53. The Hall–Kier alpha value is -2.35. The molecule has 1 fully saturated rings. The summed E-state index contributed by atoms with van der Waals surface area (Å²) in [6.45, 7) is 0. The van der Waals surface area contributed by atoms with Gasteiger partial charge in [-0.15, -0.1) is 0 Å². The second-order valence-corrected chi connectivity index (χ2v) is 6.43. The van der Waals surface area contributed by atoms with Crippen molar-refractivity contribution in [1.29, 1.82) is 0 Å². The highest BCUT2D eigenvalue weighted by Gasteiger charge is 2.48. The summed E-state index contributed by atoms with van der Waals surface area (Å²) >= 11 is 0. The zero-order valence-corrected chi connectivity index (χ0v) is 13.1. The van der Waals surface area contributed by atoms with Gasteiger partial charge in [0.2, 0.25) is 0 Å². The van der Waals surface area contributed by atoms with Crippen molar-refractivity contribution in [2.75, 3.05) is 0 Å². The second-order valence-electron chi connectivity index (χ2n) is 6.43. The van der Waals surface area contributed by atoms with E-state index < -0.39 is 5.60 Å². The molecule has 2 heteroatoms. The van der Waals surface area contributed by atoms with E-state index in [1.54, 1.807) is 0 Å². The van der Waals surface area contributed by atoms with Crippen LogP contribution in [0, 0.1) is 0 Å². The zero-order valence-electron chi connectivity index (χ0n) is 13.1. The third kappa shape index (κ3) is 2.39. The van der Waals surface area contributed by atoms with Gasteiger partial charge in [0.25, 0.3) is 0 Å². The van der Waals surface area contributed by atoms with Gasteiger partial charge in [-0.25, -0.2) is 4.79 Å². The molecule has 4 rings (SSSR count). The van der Waals surface area contributed by atoms with Gasteiger partial charge in [-0.2, -0.15) is 0 Å². The Bertz CT molecular complexity index is 738. The van der Waals surface area contributed by atoms with E-state index >= 15 is 0 Å². The first-order chi connectivity index (χ1) is 11.3. The third-order valence-electron chi connectivity index (χ3n) is 4.98. The monoisotopic (exact) mass is 304 g/mol.